The molecule has 2 heterocycles. The molecule has 3 nitrogen and oxygen atoms in total. The van der Waals surface area contributed by atoms with Gasteiger partial charge >= 0.3 is 0 Å². The van der Waals surface area contributed by atoms with Crippen molar-refractivity contribution in [2.75, 3.05) is 23.3 Å². The van der Waals surface area contributed by atoms with Crippen molar-refractivity contribution in [3.63, 3.8) is 0 Å². The summed E-state index contributed by atoms with van der Waals surface area (Å²) in [5.41, 5.74) is 5.38. The Labute approximate surface area is 127 Å². The first-order chi connectivity index (χ1) is 10.3. The van der Waals surface area contributed by atoms with E-state index in [4.69, 9.17) is 0 Å². The zero-order valence-electron chi connectivity index (χ0n) is 12.9. The SMILES string of the molecule is CCCNc1cc(N2CCCc3cc(C)ccc32)ccn1. The van der Waals surface area contributed by atoms with Gasteiger partial charge in [-0.3, -0.25) is 0 Å². The molecule has 0 amide bonds. The van der Waals surface area contributed by atoms with Gasteiger partial charge in [-0.25, -0.2) is 4.98 Å². The number of hydrogen-bond donors (Lipinski definition) is 1. The Kier molecular flexibility index (Phi) is 4.09. The number of aromatic nitrogens is 1. The van der Waals surface area contributed by atoms with E-state index in [0.29, 0.717) is 0 Å². The van der Waals surface area contributed by atoms with E-state index in [-0.39, 0.29) is 0 Å². The molecule has 2 aromatic rings. The summed E-state index contributed by atoms with van der Waals surface area (Å²) in [6.45, 7) is 6.37. The molecule has 0 saturated heterocycles. The first-order valence-corrected chi connectivity index (χ1v) is 7.85. The van der Waals surface area contributed by atoms with Gasteiger partial charge in [0.25, 0.3) is 0 Å². The fourth-order valence-corrected chi connectivity index (χ4v) is 2.93. The fraction of sp³-hybridized carbons (Fsp3) is 0.389. The van der Waals surface area contributed by atoms with E-state index < -0.39 is 0 Å². The van der Waals surface area contributed by atoms with Crippen LogP contribution in [0.1, 0.15) is 30.9 Å². The average molecular weight is 281 g/mol. The lowest BCUT2D eigenvalue weighted by molar-refractivity contribution is 0.765. The van der Waals surface area contributed by atoms with Crippen LogP contribution < -0.4 is 10.2 Å². The van der Waals surface area contributed by atoms with Crippen LogP contribution in [0.25, 0.3) is 0 Å². The Hall–Kier alpha value is -2.03. The Morgan fingerprint density at radius 2 is 2.14 bits per heavy atom. The van der Waals surface area contributed by atoms with Gasteiger partial charge < -0.3 is 10.2 Å². The van der Waals surface area contributed by atoms with Gasteiger partial charge in [0.2, 0.25) is 0 Å². The predicted molar refractivity (Wildman–Crippen MR) is 89.5 cm³/mol. The maximum absolute atomic E-state index is 4.40. The van der Waals surface area contributed by atoms with Crippen molar-refractivity contribution in [1.29, 1.82) is 0 Å². The second-order valence-electron chi connectivity index (χ2n) is 5.71. The Morgan fingerprint density at radius 3 is 3.00 bits per heavy atom. The summed E-state index contributed by atoms with van der Waals surface area (Å²) in [4.78, 5) is 6.82. The molecule has 0 fully saturated rings. The summed E-state index contributed by atoms with van der Waals surface area (Å²) in [5.74, 6) is 0.966. The zero-order chi connectivity index (χ0) is 14.7. The molecule has 3 rings (SSSR count). The standard InChI is InChI=1S/C18H23N3/c1-3-9-19-18-13-16(8-10-20-18)21-11-4-5-15-12-14(2)6-7-17(15)21/h6-8,10,12-13H,3-5,9,11H2,1-2H3,(H,19,20). The van der Waals surface area contributed by atoms with E-state index in [2.05, 4.69) is 59.4 Å². The minimum absolute atomic E-state index is 0.965. The molecule has 0 aliphatic carbocycles. The molecular weight excluding hydrogens is 258 g/mol. The second-order valence-corrected chi connectivity index (χ2v) is 5.71. The highest BCUT2D eigenvalue weighted by Gasteiger charge is 2.18. The first kappa shape index (κ1) is 13.9. The Balaban J connectivity index is 1.91. The summed E-state index contributed by atoms with van der Waals surface area (Å²) in [6, 6.07) is 11.0. The summed E-state index contributed by atoms with van der Waals surface area (Å²) >= 11 is 0. The monoisotopic (exact) mass is 281 g/mol. The van der Waals surface area contributed by atoms with Gasteiger partial charge in [-0.2, -0.15) is 0 Å². The third-order valence-corrected chi connectivity index (χ3v) is 3.96. The highest BCUT2D eigenvalue weighted by molar-refractivity contribution is 5.69. The van der Waals surface area contributed by atoms with Crippen molar-refractivity contribution in [2.45, 2.75) is 33.1 Å². The highest BCUT2D eigenvalue weighted by Crippen LogP contribution is 2.34. The molecule has 0 unspecified atom stereocenters. The fourth-order valence-electron chi connectivity index (χ4n) is 2.93. The number of nitrogens with zero attached hydrogens (tertiary/aromatic N) is 2. The second kappa shape index (κ2) is 6.17. The molecular formula is C18H23N3. The molecule has 0 atom stereocenters. The van der Waals surface area contributed by atoms with Gasteiger partial charge in [-0.1, -0.05) is 24.6 Å². The predicted octanol–water partition coefficient (Wildman–Crippen LogP) is 4.30. The number of benzene rings is 1. The average Bonchev–Trinajstić information content (AvgIpc) is 2.52. The van der Waals surface area contributed by atoms with Gasteiger partial charge in [-0.05, 0) is 43.9 Å². The van der Waals surface area contributed by atoms with E-state index in [1.165, 1.54) is 35.3 Å². The van der Waals surface area contributed by atoms with Gasteiger partial charge in [-0.15, -0.1) is 0 Å². The summed E-state index contributed by atoms with van der Waals surface area (Å²) < 4.78 is 0. The van der Waals surface area contributed by atoms with E-state index in [1.807, 2.05) is 6.20 Å². The minimum atomic E-state index is 0.965. The van der Waals surface area contributed by atoms with Crippen LogP contribution in [-0.2, 0) is 6.42 Å². The highest BCUT2D eigenvalue weighted by atomic mass is 15.1. The normalized spacial score (nSPS) is 13.9. The van der Waals surface area contributed by atoms with Crippen LogP contribution in [0.5, 0.6) is 0 Å². The topological polar surface area (TPSA) is 28.2 Å². The quantitative estimate of drug-likeness (QED) is 0.905. The summed E-state index contributed by atoms with van der Waals surface area (Å²) in [7, 11) is 0. The smallest absolute Gasteiger partial charge is 0.127 e. The van der Waals surface area contributed by atoms with Crippen LogP contribution in [0.3, 0.4) is 0 Å². The molecule has 0 bridgehead atoms. The molecule has 1 aromatic heterocycles. The minimum Gasteiger partial charge on any atom is -0.370 e. The molecule has 1 aliphatic rings. The lowest BCUT2D eigenvalue weighted by Crippen LogP contribution is -2.24. The lowest BCUT2D eigenvalue weighted by Gasteiger charge is -2.31. The third kappa shape index (κ3) is 3.02. The molecule has 21 heavy (non-hydrogen) atoms. The van der Waals surface area contributed by atoms with Crippen molar-refractivity contribution < 1.29 is 0 Å². The van der Waals surface area contributed by atoms with Gasteiger partial charge in [0.15, 0.2) is 0 Å². The van der Waals surface area contributed by atoms with Crippen LogP contribution in [0.2, 0.25) is 0 Å². The number of fused-ring (bicyclic) bond motifs is 1. The molecule has 1 aliphatic heterocycles. The van der Waals surface area contributed by atoms with Crippen LogP contribution in [0.4, 0.5) is 17.2 Å². The van der Waals surface area contributed by atoms with Gasteiger partial charge in [0.1, 0.15) is 5.82 Å². The number of aryl methyl sites for hydroxylation is 2. The number of hydrogen-bond acceptors (Lipinski definition) is 3. The van der Waals surface area contributed by atoms with E-state index in [9.17, 15) is 0 Å². The largest absolute Gasteiger partial charge is 0.370 e. The number of nitrogens with one attached hydrogen (secondary N) is 1. The van der Waals surface area contributed by atoms with Crippen molar-refractivity contribution in [1.82, 2.24) is 4.98 Å². The zero-order valence-corrected chi connectivity index (χ0v) is 12.9. The Morgan fingerprint density at radius 1 is 1.24 bits per heavy atom. The van der Waals surface area contributed by atoms with Gasteiger partial charge in [0.05, 0.1) is 0 Å². The van der Waals surface area contributed by atoms with E-state index in [1.54, 1.807) is 0 Å². The van der Waals surface area contributed by atoms with E-state index >= 15 is 0 Å². The number of rotatable bonds is 4. The van der Waals surface area contributed by atoms with Crippen LogP contribution in [-0.4, -0.2) is 18.1 Å². The Bertz CT molecular complexity index is 622. The molecule has 1 aromatic carbocycles. The molecule has 0 saturated carbocycles. The molecule has 0 spiro atoms. The van der Waals surface area contributed by atoms with Crippen molar-refractivity contribution in [3.8, 4) is 0 Å². The van der Waals surface area contributed by atoms with Crippen molar-refractivity contribution >= 4 is 17.2 Å². The lowest BCUT2D eigenvalue weighted by atomic mass is 9.99. The number of pyridine rings is 1. The van der Waals surface area contributed by atoms with Crippen LogP contribution in [0, 0.1) is 6.92 Å². The first-order valence-electron chi connectivity index (χ1n) is 7.85. The van der Waals surface area contributed by atoms with Gasteiger partial charge in [0, 0.05) is 36.7 Å². The molecule has 110 valence electrons. The molecule has 3 heteroatoms. The van der Waals surface area contributed by atoms with E-state index in [0.717, 1.165) is 25.3 Å². The number of anilines is 3. The maximum atomic E-state index is 4.40. The summed E-state index contributed by atoms with van der Waals surface area (Å²) in [5, 5.41) is 3.37. The molecule has 0 radical (unpaired) electrons. The van der Waals surface area contributed by atoms with Crippen LogP contribution in [0.15, 0.2) is 36.5 Å². The van der Waals surface area contributed by atoms with Crippen molar-refractivity contribution in [3.05, 3.63) is 47.7 Å². The van der Waals surface area contributed by atoms with Crippen molar-refractivity contribution in [2.24, 2.45) is 0 Å². The maximum Gasteiger partial charge on any atom is 0.127 e. The summed E-state index contributed by atoms with van der Waals surface area (Å²) in [6.07, 6.45) is 5.39. The molecule has 1 N–H and O–H groups in total. The van der Waals surface area contributed by atoms with Crippen LogP contribution >= 0.6 is 0 Å². The third-order valence-electron chi connectivity index (χ3n) is 3.96.